The molecule has 0 radical (unpaired) electrons. The Kier molecular flexibility index (Phi) is 7.02. The zero-order chi connectivity index (χ0) is 26.8. The van der Waals surface area contributed by atoms with Gasteiger partial charge in [0.25, 0.3) is 17.4 Å². The minimum Gasteiger partial charge on any atom is -0.477 e. The number of aromatic amines is 1. The van der Waals surface area contributed by atoms with Gasteiger partial charge in [0.2, 0.25) is 0 Å². The summed E-state index contributed by atoms with van der Waals surface area (Å²) in [6.45, 7) is 0. The number of carboxylic acid groups (broad SMARTS) is 1. The molecule has 2 unspecified atom stereocenters. The molecule has 5 rings (SSSR count). The Balaban J connectivity index is 1.33. The zero-order valence-corrected chi connectivity index (χ0v) is 21.0. The smallest absolute Gasteiger partial charge is 0.353 e. The normalized spacial score (nSPS) is 17.2. The van der Waals surface area contributed by atoms with E-state index in [1.54, 1.807) is 60.8 Å². The average Bonchev–Trinajstić information content (AvgIpc) is 3.29. The summed E-state index contributed by atoms with van der Waals surface area (Å²) in [6.07, 6.45) is 4.71. The van der Waals surface area contributed by atoms with Gasteiger partial charge in [-0.25, -0.2) is 4.79 Å². The molecular weight excluding hydrogens is 508 g/mol. The molecule has 2 aromatic heterocycles. The van der Waals surface area contributed by atoms with E-state index in [0.717, 1.165) is 12.8 Å². The number of rotatable bonds is 6. The molecule has 38 heavy (non-hydrogen) atoms. The van der Waals surface area contributed by atoms with E-state index in [2.05, 4.69) is 15.6 Å². The highest BCUT2D eigenvalue weighted by molar-refractivity contribution is 6.31. The van der Waals surface area contributed by atoms with Gasteiger partial charge in [-0.05, 0) is 61.4 Å². The van der Waals surface area contributed by atoms with Crippen molar-refractivity contribution >= 4 is 40.3 Å². The number of carbonyl (C=O) groups excluding carboxylic acids is 2. The fraction of sp³-hybridized carbons (Fsp3) is 0.214. The number of aromatic nitrogens is 2. The third-order valence-electron chi connectivity index (χ3n) is 6.83. The van der Waals surface area contributed by atoms with Gasteiger partial charge in [-0.2, -0.15) is 0 Å². The second kappa shape index (κ2) is 10.5. The molecular formula is C28H25ClN4O5. The van der Waals surface area contributed by atoms with Crippen LogP contribution in [0, 0.1) is 0 Å². The highest BCUT2D eigenvalue weighted by Gasteiger charge is 2.31. The van der Waals surface area contributed by atoms with Crippen LogP contribution in [0.15, 0.2) is 71.7 Å². The lowest BCUT2D eigenvalue weighted by Gasteiger charge is -2.33. The second-order valence-corrected chi connectivity index (χ2v) is 9.71. The first-order valence-electron chi connectivity index (χ1n) is 12.3. The maximum atomic E-state index is 13.3. The number of nitrogens with zero attached hydrogens (tertiary/aromatic N) is 1. The molecule has 4 N–H and O–H groups in total. The molecule has 9 nitrogen and oxygen atoms in total. The number of pyridine rings is 1. The number of carbonyl (C=O) groups is 3. The van der Waals surface area contributed by atoms with Crippen LogP contribution in [0.25, 0.3) is 16.6 Å². The van der Waals surface area contributed by atoms with Crippen molar-refractivity contribution in [1.29, 1.82) is 0 Å². The number of hydrogen-bond acceptors (Lipinski definition) is 4. The van der Waals surface area contributed by atoms with Gasteiger partial charge >= 0.3 is 5.97 Å². The van der Waals surface area contributed by atoms with Crippen molar-refractivity contribution in [1.82, 2.24) is 20.2 Å². The van der Waals surface area contributed by atoms with E-state index >= 15 is 0 Å². The van der Waals surface area contributed by atoms with Crippen molar-refractivity contribution in [3.63, 3.8) is 0 Å². The van der Waals surface area contributed by atoms with E-state index in [1.165, 1.54) is 10.6 Å². The zero-order valence-electron chi connectivity index (χ0n) is 20.2. The largest absolute Gasteiger partial charge is 0.477 e. The Morgan fingerprint density at radius 1 is 0.921 bits per heavy atom. The van der Waals surface area contributed by atoms with Gasteiger partial charge in [0.1, 0.15) is 5.69 Å². The number of hydrogen-bond donors (Lipinski definition) is 4. The Hall–Kier alpha value is -4.37. The Morgan fingerprint density at radius 2 is 1.61 bits per heavy atom. The van der Waals surface area contributed by atoms with Gasteiger partial charge in [0.15, 0.2) is 0 Å². The predicted octanol–water partition coefficient (Wildman–Crippen LogP) is 4.14. The molecule has 1 saturated carbocycles. The standard InChI is InChI=1S/C28H25ClN4O5/c29-17-10-13-20-19(15-17)24(25(30-20)28(37)38)27(36)32-22-6-2-1-5-21(22)31-26(35)16-8-11-18(12-9-16)33-14-4-3-7-23(33)34/h3-4,7-15,21-22,30H,1-2,5-6H2,(H,31,35)(H,32,36)(H,37,38). The molecule has 0 spiro atoms. The van der Waals surface area contributed by atoms with Crippen molar-refractivity contribution in [2.24, 2.45) is 0 Å². The van der Waals surface area contributed by atoms with Gasteiger partial charge in [-0.1, -0.05) is 30.5 Å². The molecule has 0 aliphatic heterocycles. The molecule has 2 aromatic carbocycles. The van der Waals surface area contributed by atoms with Crippen molar-refractivity contribution in [3.05, 3.63) is 99.1 Å². The van der Waals surface area contributed by atoms with E-state index in [4.69, 9.17) is 11.6 Å². The van der Waals surface area contributed by atoms with Crippen LogP contribution in [0.3, 0.4) is 0 Å². The van der Waals surface area contributed by atoms with E-state index in [1.807, 2.05) is 0 Å². The molecule has 10 heteroatoms. The monoisotopic (exact) mass is 532 g/mol. The summed E-state index contributed by atoms with van der Waals surface area (Å²) in [5.74, 6) is -2.09. The topological polar surface area (TPSA) is 133 Å². The summed E-state index contributed by atoms with van der Waals surface area (Å²) in [4.78, 5) is 53.1. The number of carboxylic acids is 1. The fourth-order valence-electron chi connectivity index (χ4n) is 4.94. The molecule has 1 fully saturated rings. The number of benzene rings is 2. The van der Waals surface area contributed by atoms with Crippen molar-refractivity contribution in [3.8, 4) is 5.69 Å². The third kappa shape index (κ3) is 5.05. The van der Waals surface area contributed by atoms with Gasteiger partial charge in [0, 0.05) is 51.5 Å². The number of fused-ring (bicyclic) bond motifs is 1. The van der Waals surface area contributed by atoms with Crippen LogP contribution in [0.5, 0.6) is 0 Å². The van der Waals surface area contributed by atoms with E-state index in [-0.39, 0.29) is 34.8 Å². The number of halogens is 1. The van der Waals surface area contributed by atoms with Crippen molar-refractivity contribution in [2.45, 2.75) is 37.8 Å². The van der Waals surface area contributed by atoms with Gasteiger partial charge < -0.3 is 20.7 Å². The predicted molar refractivity (Wildman–Crippen MR) is 143 cm³/mol. The quantitative estimate of drug-likeness (QED) is 0.296. The van der Waals surface area contributed by atoms with Crippen molar-refractivity contribution < 1.29 is 19.5 Å². The van der Waals surface area contributed by atoms with E-state index in [0.29, 0.717) is 40.0 Å². The lowest BCUT2D eigenvalue weighted by molar-refractivity contribution is 0.0685. The minimum atomic E-state index is -1.25. The van der Waals surface area contributed by atoms with Crippen LogP contribution in [0.2, 0.25) is 5.02 Å². The number of H-pyrrole nitrogens is 1. The molecule has 2 atom stereocenters. The highest BCUT2D eigenvalue weighted by Crippen LogP contribution is 2.27. The summed E-state index contributed by atoms with van der Waals surface area (Å²) in [6, 6.07) is 15.7. The maximum Gasteiger partial charge on any atom is 0.353 e. The molecule has 0 bridgehead atoms. The van der Waals surface area contributed by atoms with Crippen LogP contribution in [-0.2, 0) is 0 Å². The van der Waals surface area contributed by atoms with Crippen LogP contribution in [0.4, 0.5) is 0 Å². The number of nitrogens with one attached hydrogen (secondary N) is 3. The first kappa shape index (κ1) is 25.3. The molecule has 1 aliphatic carbocycles. The van der Waals surface area contributed by atoms with Gasteiger partial charge in [-0.3, -0.25) is 19.0 Å². The molecule has 4 aromatic rings. The summed E-state index contributed by atoms with van der Waals surface area (Å²) in [5, 5.41) is 16.5. The van der Waals surface area contributed by atoms with Crippen LogP contribution < -0.4 is 16.2 Å². The lowest BCUT2D eigenvalue weighted by Crippen LogP contribution is -2.53. The van der Waals surface area contributed by atoms with Gasteiger partial charge in [0.05, 0.1) is 5.56 Å². The molecule has 194 valence electrons. The maximum absolute atomic E-state index is 13.3. The van der Waals surface area contributed by atoms with Gasteiger partial charge in [-0.15, -0.1) is 0 Å². The minimum absolute atomic E-state index is 0.0115. The Labute approximate surface area is 222 Å². The second-order valence-electron chi connectivity index (χ2n) is 9.27. The molecule has 2 amide bonds. The van der Waals surface area contributed by atoms with Crippen molar-refractivity contribution in [2.75, 3.05) is 0 Å². The summed E-state index contributed by atoms with van der Waals surface area (Å²) in [7, 11) is 0. The summed E-state index contributed by atoms with van der Waals surface area (Å²) >= 11 is 6.11. The lowest BCUT2D eigenvalue weighted by atomic mass is 9.89. The Bertz CT molecular complexity index is 1590. The molecule has 0 saturated heterocycles. The fourth-order valence-corrected chi connectivity index (χ4v) is 5.12. The molecule has 1 aliphatic rings. The highest BCUT2D eigenvalue weighted by atomic mass is 35.5. The SMILES string of the molecule is O=C(NC1CCCCC1NC(=O)c1c(C(=O)O)[nH]c2ccc(Cl)cc12)c1ccc(-n2ccccc2=O)cc1. The van der Waals surface area contributed by atoms with Crippen LogP contribution in [-0.4, -0.2) is 44.5 Å². The summed E-state index contributed by atoms with van der Waals surface area (Å²) < 4.78 is 1.48. The third-order valence-corrected chi connectivity index (χ3v) is 7.07. The van der Waals surface area contributed by atoms with Crippen LogP contribution in [0.1, 0.15) is 56.9 Å². The first-order valence-corrected chi connectivity index (χ1v) is 12.6. The number of amides is 2. The van der Waals surface area contributed by atoms with E-state index < -0.39 is 11.9 Å². The molecule has 2 heterocycles. The van der Waals surface area contributed by atoms with E-state index in [9.17, 15) is 24.3 Å². The first-order chi connectivity index (χ1) is 18.3. The van der Waals surface area contributed by atoms with Crippen LogP contribution >= 0.6 is 11.6 Å². The Morgan fingerprint density at radius 3 is 2.26 bits per heavy atom. The number of aromatic carboxylic acids is 1. The summed E-state index contributed by atoms with van der Waals surface area (Å²) in [5.41, 5.74) is 1.18. The average molecular weight is 533 g/mol.